The molecule has 2 aromatic rings. The maximum absolute atomic E-state index is 9.50. The number of hydroxylamine groups is 4. The van der Waals surface area contributed by atoms with E-state index in [1.165, 1.54) is 10.1 Å². The molecule has 22 heavy (non-hydrogen) atoms. The van der Waals surface area contributed by atoms with E-state index in [9.17, 15) is 10.4 Å². The molecule has 4 nitrogen and oxygen atoms in total. The second-order valence-electron chi connectivity index (χ2n) is 5.74. The normalized spacial score (nSPS) is 14.4. The fourth-order valence-corrected chi connectivity index (χ4v) is 2.34. The highest BCUT2D eigenvalue weighted by atomic mass is 16.5. The molecule has 0 radical (unpaired) electrons. The van der Waals surface area contributed by atoms with Crippen LogP contribution in [-0.4, -0.2) is 34.6 Å². The Morgan fingerprint density at radius 2 is 0.909 bits per heavy atom. The van der Waals surface area contributed by atoms with Gasteiger partial charge in [-0.25, -0.2) is 0 Å². The molecule has 0 heterocycles. The van der Waals surface area contributed by atoms with Crippen molar-refractivity contribution in [2.45, 2.75) is 25.9 Å². The van der Waals surface area contributed by atoms with Gasteiger partial charge in [-0.15, -0.1) is 0 Å². The molecule has 2 rings (SSSR count). The minimum absolute atomic E-state index is 0.0302. The summed E-state index contributed by atoms with van der Waals surface area (Å²) >= 11 is 0. The summed E-state index contributed by atoms with van der Waals surface area (Å²) in [6.45, 7) is 3.91. The standard InChI is InChI=1S/C18H24N2O2/c1-13(19(3)21)15-5-9-17(10-6-15)18-11-7-16(8-12-18)14(2)20(4)22/h5-14,21-22H,1-4H3. The molecule has 2 N–H and O–H groups in total. The van der Waals surface area contributed by atoms with Gasteiger partial charge in [-0.3, -0.25) is 0 Å². The van der Waals surface area contributed by atoms with Crippen molar-refractivity contribution in [1.82, 2.24) is 10.1 Å². The minimum Gasteiger partial charge on any atom is -0.314 e. The van der Waals surface area contributed by atoms with Crippen LogP contribution in [0.25, 0.3) is 11.1 Å². The number of benzene rings is 2. The molecular weight excluding hydrogens is 276 g/mol. The van der Waals surface area contributed by atoms with Crippen molar-refractivity contribution >= 4 is 0 Å². The molecule has 0 aromatic heterocycles. The summed E-state index contributed by atoms with van der Waals surface area (Å²) in [5, 5.41) is 21.4. The second-order valence-corrected chi connectivity index (χ2v) is 5.74. The third-order valence-corrected chi connectivity index (χ3v) is 4.24. The van der Waals surface area contributed by atoms with Gasteiger partial charge in [0, 0.05) is 14.1 Å². The van der Waals surface area contributed by atoms with Crippen LogP contribution in [0, 0.1) is 0 Å². The first-order valence-corrected chi connectivity index (χ1v) is 7.44. The van der Waals surface area contributed by atoms with E-state index in [1.807, 2.05) is 38.1 Å². The van der Waals surface area contributed by atoms with Gasteiger partial charge in [0.25, 0.3) is 0 Å². The molecule has 0 aliphatic heterocycles. The number of rotatable bonds is 5. The lowest BCUT2D eigenvalue weighted by atomic mass is 9.99. The van der Waals surface area contributed by atoms with Crippen LogP contribution in [0.5, 0.6) is 0 Å². The van der Waals surface area contributed by atoms with Crippen molar-refractivity contribution in [2.75, 3.05) is 14.1 Å². The Morgan fingerprint density at radius 1 is 0.636 bits per heavy atom. The molecule has 4 heteroatoms. The fraction of sp³-hybridized carbons (Fsp3) is 0.333. The van der Waals surface area contributed by atoms with E-state index in [1.54, 1.807) is 14.1 Å². The zero-order valence-electron chi connectivity index (χ0n) is 13.6. The molecule has 2 atom stereocenters. The van der Waals surface area contributed by atoms with Crippen molar-refractivity contribution in [1.29, 1.82) is 0 Å². The fourth-order valence-electron chi connectivity index (χ4n) is 2.34. The first kappa shape index (κ1) is 16.6. The molecule has 2 aromatic carbocycles. The zero-order chi connectivity index (χ0) is 16.3. The SMILES string of the molecule is CC(c1ccc(-c2ccc(C(C)N(C)O)cc2)cc1)N(C)O. The highest BCUT2D eigenvalue weighted by Gasteiger charge is 2.11. The minimum atomic E-state index is -0.0302. The highest BCUT2D eigenvalue weighted by Crippen LogP contribution is 2.25. The summed E-state index contributed by atoms with van der Waals surface area (Å²) in [5.41, 5.74) is 4.41. The highest BCUT2D eigenvalue weighted by molar-refractivity contribution is 5.64. The van der Waals surface area contributed by atoms with Crippen molar-refractivity contribution in [3.8, 4) is 11.1 Å². The van der Waals surface area contributed by atoms with Gasteiger partial charge in [-0.1, -0.05) is 48.5 Å². The molecular formula is C18H24N2O2. The second kappa shape index (κ2) is 7.03. The predicted molar refractivity (Wildman–Crippen MR) is 87.8 cm³/mol. The Kier molecular flexibility index (Phi) is 5.32. The summed E-state index contributed by atoms with van der Waals surface area (Å²) in [6.07, 6.45) is 0. The lowest BCUT2D eigenvalue weighted by Gasteiger charge is -2.19. The van der Waals surface area contributed by atoms with Gasteiger partial charge in [0.2, 0.25) is 0 Å². The van der Waals surface area contributed by atoms with Crippen LogP contribution < -0.4 is 0 Å². The maximum atomic E-state index is 9.50. The van der Waals surface area contributed by atoms with E-state index in [0.717, 1.165) is 22.3 Å². The zero-order valence-corrected chi connectivity index (χ0v) is 13.6. The molecule has 0 saturated heterocycles. The Morgan fingerprint density at radius 3 is 1.14 bits per heavy atom. The largest absolute Gasteiger partial charge is 0.314 e. The van der Waals surface area contributed by atoms with Gasteiger partial charge in [0.15, 0.2) is 0 Å². The lowest BCUT2D eigenvalue weighted by Crippen LogP contribution is -2.17. The molecule has 0 fully saturated rings. The van der Waals surface area contributed by atoms with Crippen LogP contribution in [0.15, 0.2) is 48.5 Å². The number of hydrogen-bond acceptors (Lipinski definition) is 4. The Balaban J connectivity index is 2.18. The predicted octanol–water partition coefficient (Wildman–Crippen LogP) is 4.12. The van der Waals surface area contributed by atoms with Crippen LogP contribution in [0.1, 0.15) is 37.1 Å². The topological polar surface area (TPSA) is 46.9 Å². The molecule has 0 aliphatic rings. The van der Waals surface area contributed by atoms with Gasteiger partial charge in [0.1, 0.15) is 0 Å². The molecule has 0 spiro atoms. The van der Waals surface area contributed by atoms with E-state index < -0.39 is 0 Å². The molecule has 0 bridgehead atoms. The number of hydrogen-bond donors (Lipinski definition) is 2. The van der Waals surface area contributed by atoms with E-state index in [2.05, 4.69) is 24.3 Å². The van der Waals surface area contributed by atoms with Crippen molar-refractivity contribution in [2.24, 2.45) is 0 Å². The van der Waals surface area contributed by atoms with Crippen LogP contribution in [-0.2, 0) is 0 Å². The molecule has 0 saturated carbocycles. The van der Waals surface area contributed by atoms with Crippen molar-refractivity contribution < 1.29 is 10.4 Å². The van der Waals surface area contributed by atoms with Gasteiger partial charge in [-0.2, -0.15) is 10.1 Å². The van der Waals surface area contributed by atoms with E-state index in [-0.39, 0.29) is 12.1 Å². The van der Waals surface area contributed by atoms with E-state index >= 15 is 0 Å². The Labute approximate surface area is 132 Å². The van der Waals surface area contributed by atoms with Gasteiger partial charge < -0.3 is 10.4 Å². The Bertz CT molecular complexity index is 536. The summed E-state index contributed by atoms with van der Waals surface area (Å²) in [5.74, 6) is 0. The Hall–Kier alpha value is -1.72. The number of nitrogens with zero attached hydrogens (tertiary/aromatic N) is 2. The van der Waals surface area contributed by atoms with Gasteiger partial charge in [-0.05, 0) is 36.1 Å². The molecule has 2 unspecified atom stereocenters. The van der Waals surface area contributed by atoms with Gasteiger partial charge >= 0.3 is 0 Å². The monoisotopic (exact) mass is 300 g/mol. The summed E-state index contributed by atoms with van der Waals surface area (Å²) in [4.78, 5) is 0. The first-order valence-electron chi connectivity index (χ1n) is 7.44. The van der Waals surface area contributed by atoms with Crippen LogP contribution in [0.3, 0.4) is 0 Å². The van der Waals surface area contributed by atoms with E-state index in [4.69, 9.17) is 0 Å². The van der Waals surface area contributed by atoms with E-state index in [0.29, 0.717) is 0 Å². The third kappa shape index (κ3) is 3.72. The van der Waals surface area contributed by atoms with Crippen LogP contribution >= 0.6 is 0 Å². The summed E-state index contributed by atoms with van der Waals surface area (Å²) < 4.78 is 0. The average molecular weight is 300 g/mol. The van der Waals surface area contributed by atoms with Crippen molar-refractivity contribution in [3.63, 3.8) is 0 Å². The summed E-state index contributed by atoms with van der Waals surface area (Å²) in [6, 6.07) is 16.3. The van der Waals surface area contributed by atoms with Crippen molar-refractivity contribution in [3.05, 3.63) is 59.7 Å². The van der Waals surface area contributed by atoms with Gasteiger partial charge in [0.05, 0.1) is 12.1 Å². The first-order chi connectivity index (χ1) is 10.4. The molecule has 118 valence electrons. The maximum Gasteiger partial charge on any atom is 0.0568 e. The average Bonchev–Trinajstić information content (AvgIpc) is 2.53. The molecule has 0 aliphatic carbocycles. The quantitative estimate of drug-likeness (QED) is 0.816. The lowest BCUT2D eigenvalue weighted by molar-refractivity contribution is -0.0985. The van der Waals surface area contributed by atoms with Crippen LogP contribution in [0.4, 0.5) is 0 Å². The summed E-state index contributed by atoms with van der Waals surface area (Å²) in [7, 11) is 3.30. The smallest absolute Gasteiger partial charge is 0.0568 e. The molecule has 0 amide bonds. The third-order valence-electron chi connectivity index (χ3n) is 4.24. The van der Waals surface area contributed by atoms with Crippen LogP contribution in [0.2, 0.25) is 0 Å².